The van der Waals surface area contributed by atoms with Crippen molar-refractivity contribution in [3.63, 3.8) is 0 Å². The lowest BCUT2D eigenvalue weighted by Crippen LogP contribution is -2.47. The van der Waals surface area contributed by atoms with Gasteiger partial charge in [0.1, 0.15) is 11.5 Å². The molecule has 3 rings (SSSR count). The first-order valence-corrected chi connectivity index (χ1v) is 10.3. The van der Waals surface area contributed by atoms with Crippen LogP contribution in [0.1, 0.15) is 33.2 Å². The number of carbonyl (C=O) groups is 3. The molecule has 0 aliphatic rings. The Hall–Kier alpha value is -4.33. The van der Waals surface area contributed by atoms with E-state index >= 15 is 0 Å². The first-order chi connectivity index (χ1) is 15.9. The lowest BCUT2D eigenvalue weighted by molar-refractivity contribution is -0.128. The van der Waals surface area contributed by atoms with Crippen molar-refractivity contribution in [1.29, 1.82) is 0 Å². The molecular formula is C25H25N3O5. The molecule has 0 bridgehead atoms. The van der Waals surface area contributed by atoms with Crippen molar-refractivity contribution < 1.29 is 23.9 Å². The summed E-state index contributed by atoms with van der Waals surface area (Å²) in [5.74, 6) is -0.0814. The van der Waals surface area contributed by atoms with E-state index in [9.17, 15) is 14.4 Å². The number of hydrogen-bond acceptors (Lipinski definition) is 5. The van der Waals surface area contributed by atoms with Gasteiger partial charge >= 0.3 is 0 Å². The lowest BCUT2D eigenvalue weighted by Gasteiger charge is -2.15. The molecule has 0 spiro atoms. The lowest BCUT2D eigenvalue weighted by atomic mass is 10.1. The molecule has 1 unspecified atom stereocenters. The average Bonchev–Trinajstić information content (AvgIpc) is 2.83. The maximum absolute atomic E-state index is 12.4. The summed E-state index contributed by atoms with van der Waals surface area (Å²) < 4.78 is 10.6. The molecule has 0 aromatic heterocycles. The molecule has 0 aliphatic heterocycles. The molecule has 3 aromatic rings. The molecule has 8 nitrogen and oxygen atoms in total. The summed E-state index contributed by atoms with van der Waals surface area (Å²) in [5.41, 5.74) is 7.00. The highest BCUT2D eigenvalue weighted by atomic mass is 16.5. The third-order valence-electron chi connectivity index (χ3n) is 4.84. The minimum Gasteiger partial charge on any atom is -0.497 e. The van der Waals surface area contributed by atoms with Crippen LogP contribution in [-0.4, -0.2) is 30.9 Å². The summed E-state index contributed by atoms with van der Waals surface area (Å²) in [6.07, 6.45) is -0.835. The van der Waals surface area contributed by atoms with Gasteiger partial charge in [0.25, 0.3) is 17.7 Å². The highest BCUT2D eigenvalue weighted by Crippen LogP contribution is 2.18. The molecule has 1 atom stereocenters. The van der Waals surface area contributed by atoms with Gasteiger partial charge in [0.2, 0.25) is 0 Å². The van der Waals surface area contributed by atoms with Crippen LogP contribution in [0.2, 0.25) is 0 Å². The van der Waals surface area contributed by atoms with Crippen LogP contribution >= 0.6 is 0 Å². The molecule has 3 aromatic carbocycles. The van der Waals surface area contributed by atoms with E-state index in [-0.39, 0.29) is 5.91 Å². The van der Waals surface area contributed by atoms with Gasteiger partial charge in [-0.25, -0.2) is 0 Å². The predicted molar refractivity (Wildman–Crippen MR) is 124 cm³/mol. The number of hydrogen-bond donors (Lipinski definition) is 3. The summed E-state index contributed by atoms with van der Waals surface area (Å²) in [6.45, 7) is 3.43. The molecule has 0 saturated heterocycles. The van der Waals surface area contributed by atoms with Crippen LogP contribution in [0.3, 0.4) is 0 Å². The van der Waals surface area contributed by atoms with E-state index in [1.54, 1.807) is 74.7 Å². The molecule has 3 N–H and O–H groups in total. The number of ether oxygens (including phenoxy) is 2. The van der Waals surface area contributed by atoms with Crippen molar-refractivity contribution in [2.24, 2.45) is 0 Å². The Kier molecular flexibility index (Phi) is 7.64. The fourth-order valence-corrected chi connectivity index (χ4v) is 2.94. The van der Waals surface area contributed by atoms with Gasteiger partial charge in [-0.2, -0.15) is 0 Å². The molecule has 0 radical (unpaired) electrons. The molecule has 0 saturated carbocycles. The molecule has 0 fully saturated rings. The van der Waals surface area contributed by atoms with E-state index in [0.717, 1.165) is 5.56 Å². The van der Waals surface area contributed by atoms with Crippen LogP contribution in [0.5, 0.6) is 11.5 Å². The normalized spacial score (nSPS) is 11.1. The number of hydrazine groups is 1. The summed E-state index contributed by atoms with van der Waals surface area (Å²) >= 11 is 0. The first kappa shape index (κ1) is 23.3. The SMILES string of the molecule is COc1ccc(OC(C)C(=O)NNC(=O)c2ccc(NC(=O)c3ccccc3C)cc2)cc1. The van der Waals surface area contributed by atoms with Crippen molar-refractivity contribution in [2.45, 2.75) is 20.0 Å². The van der Waals surface area contributed by atoms with Crippen LogP contribution in [0.15, 0.2) is 72.8 Å². The summed E-state index contributed by atoms with van der Waals surface area (Å²) in [5, 5.41) is 2.80. The Morgan fingerprint density at radius 2 is 1.42 bits per heavy atom. The Morgan fingerprint density at radius 1 is 0.788 bits per heavy atom. The standard InChI is InChI=1S/C25H25N3O5/c1-16-6-4-5-7-22(16)25(31)26-19-10-8-18(9-11-19)24(30)28-27-23(29)17(2)33-21-14-12-20(32-3)13-15-21/h4-15,17H,1-3H3,(H,26,31)(H,27,29)(H,28,30). The van der Waals surface area contributed by atoms with E-state index in [4.69, 9.17) is 9.47 Å². The second-order valence-corrected chi connectivity index (χ2v) is 7.23. The Morgan fingerprint density at radius 3 is 2.06 bits per heavy atom. The van der Waals surface area contributed by atoms with Gasteiger partial charge in [0.15, 0.2) is 6.10 Å². The van der Waals surface area contributed by atoms with Crippen molar-refractivity contribution >= 4 is 23.4 Å². The highest BCUT2D eigenvalue weighted by Gasteiger charge is 2.16. The van der Waals surface area contributed by atoms with Gasteiger partial charge in [-0.3, -0.25) is 25.2 Å². The number of anilines is 1. The number of aryl methyl sites for hydroxylation is 1. The summed E-state index contributed by atoms with van der Waals surface area (Å²) in [7, 11) is 1.56. The molecule has 0 aliphatic carbocycles. The molecule has 3 amide bonds. The van der Waals surface area contributed by atoms with Gasteiger partial charge in [0, 0.05) is 16.8 Å². The topological polar surface area (TPSA) is 106 Å². The van der Waals surface area contributed by atoms with Crippen molar-refractivity contribution in [3.8, 4) is 11.5 Å². The predicted octanol–water partition coefficient (Wildman–Crippen LogP) is 3.48. The number of amides is 3. The van der Waals surface area contributed by atoms with Crippen LogP contribution in [0.25, 0.3) is 0 Å². The third kappa shape index (κ3) is 6.33. The van der Waals surface area contributed by atoms with Gasteiger partial charge in [-0.15, -0.1) is 0 Å². The molecule has 0 heterocycles. The van der Waals surface area contributed by atoms with Crippen LogP contribution < -0.4 is 25.6 Å². The number of rotatable bonds is 7. The van der Waals surface area contributed by atoms with Gasteiger partial charge in [-0.05, 0) is 74.0 Å². The van der Waals surface area contributed by atoms with E-state index in [0.29, 0.717) is 28.3 Å². The largest absolute Gasteiger partial charge is 0.497 e. The minimum atomic E-state index is -0.835. The minimum absolute atomic E-state index is 0.233. The quantitative estimate of drug-likeness (QED) is 0.481. The second kappa shape index (κ2) is 10.8. The van der Waals surface area contributed by atoms with E-state index < -0.39 is 17.9 Å². The summed E-state index contributed by atoms with van der Waals surface area (Å²) in [6, 6.07) is 20.4. The van der Waals surface area contributed by atoms with Crippen molar-refractivity contribution in [2.75, 3.05) is 12.4 Å². The average molecular weight is 447 g/mol. The molecule has 170 valence electrons. The Balaban J connectivity index is 1.50. The molecular weight excluding hydrogens is 422 g/mol. The van der Waals surface area contributed by atoms with Gasteiger partial charge < -0.3 is 14.8 Å². The monoisotopic (exact) mass is 447 g/mol. The molecule has 8 heteroatoms. The van der Waals surface area contributed by atoms with E-state index in [2.05, 4.69) is 16.2 Å². The van der Waals surface area contributed by atoms with Gasteiger partial charge in [-0.1, -0.05) is 18.2 Å². The van der Waals surface area contributed by atoms with Crippen molar-refractivity contribution in [1.82, 2.24) is 10.9 Å². The smallest absolute Gasteiger partial charge is 0.279 e. The third-order valence-corrected chi connectivity index (χ3v) is 4.84. The first-order valence-electron chi connectivity index (χ1n) is 10.3. The Bertz CT molecular complexity index is 1130. The molecule has 33 heavy (non-hydrogen) atoms. The Labute approximate surface area is 191 Å². The van der Waals surface area contributed by atoms with E-state index in [1.807, 2.05) is 19.1 Å². The summed E-state index contributed by atoms with van der Waals surface area (Å²) in [4.78, 5) is 37.0. The zero-order chi connectivity index (χ0) is 23.8. The van der Waals surface area contributed by atoms with E-state index in [1.165, 1.54) is 0 Å². The maximum atomic E-state index is 12.4. The zero-order valence-electron chi connectivity index (χ0n) is 18.5. The van der Waals surface area contributed by atoms with Crippen LogP contribution in [0.4, 0.5) is 5.69 Å². The van der Waals surface area contributed by atoms with Crippen LogP contribution in [0, 0.1) is 6.92 Å². The number of methoxy groups -OCH3 is 1. The zero-order valence-corrected chi connectivity index (χ0v) is 18.5. The van der Waals surface area contributed by atoms with Crippen molar-refractivity contribution in [3.05, 3.63) is 89.5 Å². The van der Waals surface area contributed by atoms with Gasteiger partial charge in [0.05, 0.1) is 7.11 Å². The highest BCUT2D eigenvalue weighted by molar-refractivity contribution is 6.05. The fraction of sp³-hybridized carbons (Fsp3) is 0.160. The second-order valence-electron chi connectivity index (χ2n) is 7.23. The fourth-order valence-electron chi connectivity index (χ4n) is 2.94. The van der Waals surface area contributed by atoms with Crippen LogP contribution in [-0.2, 0) is 4.79 Å². The number of benzene rings is 3. The maximum Gasteiger partial charge on any atom is 0.279 e. The number of carbonyl (C=O) groups excluding carboxylic acids is 3. The number of nitrogens with one attached hydrogen (secondary N) is 3.